The zero-order chi connectivity index (χ0) is 15.3. The standard InChI is InChI=1S/C15H26N2O2S/c1-6-17(7-2)10-12-16-14(15(3,4)5)11(20-12)8-9-13(18)19/h6-10H2,1-5H3,(H,18,19). The number of aromatic nitrogens is 1. The Hall–Kier alpha value is -0.940. The van der Waals surface area contributed by atoms with Crippen LogP contribution in [0.3, 0.4) is 0 Å². The molecule has 0 unspecified atom stereocenters. The number of nitrogens with zero attached hydrogens (tertiary/aromatic N) is 2. The van der Waals surface area contributed by atoms with E-state index < -0.39 is 5.97 Å². The van der Waals surface area contributed by atoms with Gasteiger partial charge in [0.25, 0.3) is 0 Å². The average molecular weight is 298 g/mol. The van der Waals surface area contributed by atoms with Crippen LogP contribution in [-0.4, -0.2) is 34.0 Å². The van der Waals surface area contributed by atoms with Crippen molar-refractivity contribution in [3.05, 3.63) is 15.6 Å². The third kappa shape index (κ3) is 4.87. The second kappa shape index (κ2) is 7.18. The summed E-state index contributed by atoms with van der Waals surface area (Å²) in [4.78, 5) is 19.0. The molecule has 0 amide bonds. The molecule has 20 heavy (non-hydrogen) atoms. The van der Waals surface area contributed by atoms with E-state index in [-0.39, 0.29) is 11.8 Å². The van der Waals surface area contributed by atoms with Crippen LogP contribution >= 0.6 is 11.3 Å². The lowest BCUT2D eigenvalue weighted by atomic mass is 9.90. The number of hydrogen-bond acceptors (Lipinski definition) is 4. The molecule has 0 spiro atoms. The second-order valence-electron chi connectivity index (χ2n) is 5.98. The van der Waals surface area contributed by atoms with Crippen LogP contribution < -0.4 is 0 Å². The van der Waals surface area contributed by atoms with E-state index in [1.165, 1.54) is 0 Å². The highest BCUT2D eigenvalue weighted by molar-refractivity contribution is 7.11. The molecule has 0 saturated heterocycles. The van der Waals surface area contributed by atoms with Gasteiger partial charge < -0.3 is 5.11 Å². The molecule has 1 aromatic heterocycles. The smallest absolute Gasteiger partial charge is 0.303 e. The molecule has 0 aliphatic heterocycles. The highest BCUT2D eigenvalue weighted by Crippen LogP contribution is 2.31. The van der Waals surface area contributed by atoms with Gasteiger partial charge in [0.2, 0.25) is 0 Å². The minimum absolute atomic E-state index is 0.0359. The largest absolute Gasteiger partial charge is 0.481 e. The molecule has 0 fully saturated rings. The zero-order valence-electron chi connectivity index (χ0n) is 13.2. The van der Waals surface area contributed by atoms with E-state index in [4.69, 9.17) is 10.1 Å². The van der Waals surface area contributed by atoms with Crippen molar-refractivity contribution in [3.63, 3.8) is 0 Å². The summed E-state index contributed by atoms with van der Waals surface area (Å²) in [6.07, 6.45) is 0.758. The summed E-state index contributed by atoms with van der Waals surface area (Å²) >= 11 is 1.67. The van der Waals surface area contributed by atoms with Crippen molar-refractivity contribution in [3.8, 4) is 0 Å². The van der Waals surface area contributed by atoms with Crippen LogP contribution in [0.2, 0.25) is 0 Å². The lowest BCUT2D eigenvalue weighted by Gasteiger charge is -2.18. The van der Waals surface area contributed by atoms with Crippen molar-refractivity contribution in [1.29, 1.82) is 0 Å². The van der Waals surface area contributed by atoms with Crippen molar-refractivity contribution in [2.75, 3.05) is 13.1 Å². The molecule has 114 valence electrons. The fourth-order valence-electron chi connectivity index (χ4n) is 2.08. The van der Waals surface area contributed by atoms with Crippen molar-refractivity contribution >= 4 is 17.3 Å². The predicted molar refractivity (Wildman–Crippen MR) is 83.4 cm³/mol. The first-order valence-corrected chi connectivity index (χ1v) is 8.02. The van der Waals surface area contributed by atoms with E-state index in [2.05, 4.69) is 39.5 Å². The van der Waals surface area contributed by atoms with E-state index in [1.807, 2.05) is 0 Å². The third-order valence-corrected chi connectivity index (χ3v) is 4.37. The molecule has 1 rings (SSSR count). The second-order valence-corrected chi connectivity index (χ2v) is 7.15. The number of aliphatic carboxylic acids is 1. The van der Waals surface area contributed by atoms with Crippen LogP contribution in [0.5, 0.6) is 0 Å². The Bertz CT molecular complexity index is 445. The van der Waals surface area contributed by atoms with Gasteiger partial charge in [-0.1, -0.05) is 34.6 Å². The molecule has 0 aliphatic carbocycles. The van der Waals surface area contributed by atoms with Crippen LogP contribution in [0.4, 0.5) is 0 Å². The molecule has 4 nitrogen and oxygen atoms in total. The first kappa shape index (κ1) is 17.1. The summed E-state index contributed by atoms with van der Waals surface area (Å²) in [7, 11) is 0. The first-order chi connectivity index (χ1) is 9.27. The lowest BCUT2D eigenvalue weighted by molar-refractivity contribution is -0.136. The fourth-order valence-corrected chi connectivity index (χ4v) is 3.40. The topological polar surface area (TPSA) is 53.4 Å². The number of carboxylic acids is 1. The normalized spacial score (nSPS) is 12.1. The summed E-state index contributed by atoms with van der Waals surface area (Å²) in [6, 6.07) is 0. The van der Waals surface area contributed by atoms with Crippen LogP contribution in [-0.2, 0) is 23.2 Å². The Morgan fingerprint density at radius 1 is 1.30 bits per heavy atom. The Morgan fingerprint density at radius 2 is 1.90 bits per heavy atom. The molecule has 5 heteroatoms. The van der Waals surface area contributed by atoms with E-state index in [0.29, 0.717) is 6.42 Å². The summed E-state index contributed by atoms with van der Waals surface area (Å²) in [5.74, 6) is -0.747. The van der Waals surface area contributed by atoms with Gasteiger partial charge in [0, 0.05) is 10.3 Å². The van der Waals surface area contributed by atoms with Crippen molar-refractivity contribution in [1.82, 2.24) is 9.88 Å². The predicted octanol–water partition coefficient (Wildman–Crippen LogP) is 3.30. The van der Waals surface area contributed by atoms with Gasteiger partial charge in [0.15, 0.2) is 0 Å². The number of rotatable bonds is 7. The highest BCUT2D eigenvalue weighted by Gasteiger charge is 2.23. The van der Waals surface area contributed by atoms with Gasteiger partial charge in [-0.2, -0.15) is 0 Å². The van der Waals surface area contributed by atoms with Gasteiger partial charge in [-0.3, -0.25) is 9.69 Å². The molecule has 1 aromatic rings. The Morgan fingerprint density at radius 3 is 2.35 bits per heavy atom. The van der Waals surface area contributed by atoms with Crippen LogP contribution in [0.25, 0.3) is 0 Å². The molecule has 0 saturated carbocycles. The van der Waals surface area contributed by atoms with E-state index >= 15 is 0 Å². The van der Waals surface area contributed by atoms with E-state index in [9.17, 15) is 4.79 Å². The maximum absolute atomic E-state index is 10.8. The maximum Gasteiger partial charge on any atom is 0.303 e. The highest BCUT2D eigenvalue weighted by atomic mass is 32.1. The first-order valence-electron chi connectivity index (χ1n) is 7.21. The Labute approximate surface area is 125 Å². The summed E-state index contributed by atoms with van der Waals surface area (Å²) < 4.78 is 0. The SMILES string of the molecule is CCN(CC)Cc1nc(C(C)(C)C)c(CCC(=O)O)s1. The van der Waals surface area contributed by atoms with Crippen LogP contribution in [0.1, 0.15) is 56.6 Å². The third-order valence-electron chi connectivity index (χ3n) is 3.27. The monoisotopic (exact) mass is 298 g/mol. The summed E-state index contributed by atoms with van der Waals surface area (Å²) in [5.41, 5.74) is 1.03. The fraction of sp³-hybridized carbons (Fsp3) is 0.733. The van der Waals surface area contributed by atoms with E-state index in [1.54, 1.807) is 11.3 Å². The average Bonchev–Trinajstić information content (AvgIpc) is 2.76. The molecular weight excluding hydrogens is 272 g/mol. The van der Waals surface area contributed by atoms with Gasteiger partial charge in [-0.05, 0) is 19.5 Å². The van der Waals surface area contributed by atoms with Gasteiger partial charge in [0.1, 0.15) is 5.01 Å². The van der Waals surface area contributed by atoms with Gasteiger partial charge in [-0.25, -0.2) is 4.98 Å². The molecule has 1 N–H and O–H groups in total. The number of carbonyl (C=O) groups is 1. The van der Waals surface area contributed by atoms with Crippen molar-refractivity contribution < 1.29 is 9.90 Å². The minimum atomic E-state index is -0.747. The van der Waals surface area contributed by atoms with Crippen LogP contribution in [0, 0.1) is 0 Å². The molecule has 0 bridgehead atoms. The molecular formula is C15H26N2O2S. The number of thiazole rings is 1. The Kier molecular flexibility index (Phi) is 6.14. The van der Waals surface area contributed by atoms with E-state index in [0.717, 1.165) is 35.2 Å². The van der Waals surface area contributed by atoms with Gasteiger partial charge in [-0.15, -0.1) is 11.3 Å². The molecule has 0 aromatic carbocycles. The number of carboxylic acid groups (broad SMARTS) is 1. The number of aryl methyl sites for hydroxylation is 1. The van der Waals surface area contributed by atoms with Gasteiger partial charge in [0.05, 0.1) is 18.7 Å². The molecule has 1 heterocycles. The lowest BCUT2D eigenvalue weighted by Crippen LogP contribution is -2.22. The summed E-state index contributed by atoms with van der Waals surface area (Å²) in [6.45, 7) is 13.6. The van der Waals surface area contributed by atoms with Crippen molar-refractivity contribution in [2.45, 2.75) is 59.4 Å². The molecule has 0 atom stereocenters. The van der Waals surface area contributed by atoms with Crippen molar-refractivity contribution in [2.24, 2.45) is 0 Å². The minimum Gasteiger partial charge on any atom is -0.481 e. The van der Waals surface area contributed by atoms with Gasteiger partial charge >= 0.3 is 5.97 Å². The quantitative estimate of drug-likeness (QED) is 0.839. The molecule has 0 aliphatic rings. The zero-order valence-corrected chi connectivity index (χ0v) is 14.0. The maximum atomic E-state index is 10.8. The number of hydrogen-bond donors (Lipinski definition) is 1. The van der Waals surface area contributed by atoms with Crippen LogP contribution in [0.15, 0.2) is 0 Å². The molecule has 0 radical (unpaired) electrons. The summed E-state index contributed by atoms with van der Waals surface area (Å²) in [5, 5.41) is 9.97. The Balaban J connectivity index is 2.96.